The molecular weight excluding hydrogens is 216 g/mol. The van der Waals surface area contributed by atoms with Crippen LogP contribution in [-0.2, 0) is 9.53 Å². The number of nitrogens with zero attached hydrogens (tertiary/aromatic N) is 2. The molecule has 1 atom stereocenters. The number of aliphatic carboxylic acids is 1. The van der Waals surface area contributed by atoms with Crippen molar-refractivity contribution in [2.24, 2.45) is 0 Å². The summed E-state index contributed by atoms with van der Waals surface area (Å²) in [6.45, 7) is 0.586. The van der Waals surface area contributed by atoms with Crippen LogP contribution in [-0.4, -0.2) is 78.0 Å². The minimum Gasteiger partial charge on any atom is -0.480 e. The Morgan fingerprint density at radius 3 is 2.81 bits per heavy atom. The minimum absolute atomic E-state index is 0.146. The number of carboxylic acid groups (broad SMARTS) is 1. The second-order valence-electron chi connectivity index (χ2n) is 3.65. The predicted octanol–water partition coefficient (Wildman–Crippen LogP) is -1.18. The largest absolute Gasteiger partial charge is 0.480 e. The molecule has 1 saturated heterocycles. The van der Waals surface area contributed by atoms with Gasteiger partial charge in [-0.2, -0.15) is 0 Å². The highest BCUT2D eigenvalue weighted by Gasteiger charge is 2.26. The van der Waals surface area contributed by atoms with Crippen LogP contribution < -0.4 is 0 Å². The summed E-state index contributed by atoms with van der Waals surface area (Å²) in [6, 6.07) is -0.357. The lowest BCUT2D eigenvalue weighted by Crippen LogP contribution is -2.51. The van der Waals surface area contributed by atoms with Gasteiger partial charge in [-0.15, -0.1) is 0 Å². The third-order valence-electron chi connectivity index (χ3n) is 2.31. The van der Waals surface area contributed by atoms with Gasteiger partial charge in [0.15, 0.2) is 0 Å². The number of hydrogen-bond acceptors (Lipinski definition) is 4. The van der Waals surface area contributed by atoms with Crippen LogP contribution in [0.2, 0.25) is 0 Å². The van der Waals surface area contributed by atoms with Gasteiger partial charge in [0, 0.05) is 13.6 Å². The van der Waals surface area contributed by atoms with Crippen molar-refractivity contribution in [3.63, 3.8) is 0 Å². The molecule has 0 aromatic rings. The molecule has 1 unspecified atom stereocenters. The molecule has 7 nitrogen and oxygen atoms in total. The first-order valence-corrected chi connectivity index (χ1v) is 4.99. The number of hydrogen-bond donors (Lipinski definition) is 2. The summed E-state index contributed by atoms with van der Waals surface area (Å²) in [5.74, 6) is -1.05. The Labute approximate surface area is 93.2 Å². The van der Waals surface area contributed by atoms with Crippen molar-refractivity contribution in [2.75, 3.05) is 39.9 Å². The molecule has 0 aromatic carbocycles. The highest BCUT2D eigenvalue weighted by Crippen LogP contribution is 2.07. The van der Waals surface area contributed by atoms with Crippen LogP contribution in [0, 0.1) is 0 Å². The number of likely N-dealkylation sites (N-methyl/N-ethyl adjacent to an activating group) is 1. The fourth-order valence-electron chi connectivity index (χ4n) is 1.52. The molecule has 0 bridgehead atoms. The summed E-state index contributed by atoms with van der Waals surface area (Å²) in [5.41, 5.74) is 0. The Kier molecular flexibility index (Phi) is 4.51. The van der Waals surface area contributed by atoms with E-state index in [1.54, 1.807) is 0 Å². The second-order valence-corrected chi connectivity index (χ2v) is 3.65. The van der Waals surface area contributed by atoms with Gasteiger partial charge in [-0.25, -0.2) is 4.79 Å². The Morgan fingerprint density at radius 1 is 1.56 bits per heavy atom. The number of amides is 2. The summed E-state index contributed by atoms with van der Waals surface area (Å²) < 4.78 is 5.19. The molecule has 2 amide bonds. The summed E-state index contributed by atoms with van der Waals surface area (Å²) in [4.78, 5) is 24.8. The smallest absolute Gasteiger partial charge is 0.323 e. The van der Waals surface area contributed by atoms with Gasteiger partial charge in [0.05, 0.1) is 25.9 Å². The van der Waals surface area contributed by atoms with Crippen molar-refractivity contribution in [1.82, 2.24) is 9.80 Å². The van der Waals surface area contributed by atoms with E-state index in [2.05, 4.69) is 0 Å². The number of ether oxygens (including phenoxy) is 1. The van der Waals surface area contributed by atoms with Crippen LogP contribution in [0.1, 0.15) is 0 Å². The lowest BCUT2D eigenvalue weighted by Gasteiger charge is -2.34. The highest BCUT2D eigenvalue weighted by atomic mass is 16.5. The van der Waals surface area contributed by atoms with Crippen molar-refractivity contribution in [3.8, 4) is 0 Å². The van der Waals surface area contributed by atoms with E-state index in [4.69, 9.17) is 14.9 Å². The maximum absolute atomic E-state index is 11.7. The molecule has 1 rings (SSSR count). The van der Waals surface area contributed by atoms with Crippen LogP contribution in [0.5, 0.6) is 0 Å². The van der Waals surface area contributed by atoms with Gasteiger partial charge in [-0.05, 0) is 0 Å². The molecule has 0 radical (unpaired) electrons. The zero-order valence-corrected chi connectivity index (χ0v) is 9.13. The van der Waals surface area contributed by atoms with E-state index < -0.39 is 5.97 Å². The molecule has 1 heterocycles. The Bertz CT molecular complexity index is 271. The van der Waals surface area contributed by atoms with Crippen molar-refractivity contribution in [3.05, 3.63) is 0 Å². The van der Waals surface area contributed by atoms with E-state index in [1.807, 2.05) is 0 Å². The molecule has 1 aliphatic heterocycles. The van der Waals surface area contributed by atoms with Gasteiger partial charge in [-0.1, -0.05) is 0 Å². The average Bonchev–Trinajstić information content (AvgIpc) is 2.27. The Balaban J connectivity index is 2.49. The van der Waals surface area contributed by atoms with Gasteiger partial charge >= 0.3 is 12.0 Å². The van der Waals surface area contributed by atoms with Crippen molar-refractivity contribution < 1.29 is 24.5 Å². The molecule has 2 N–H and O–H groups in total. The zero-order chi connectivity index (χ0) is 12.1. The first-order chi connectivity index (χ1) is 7.54. The molecular formula is C9H16N2O5. The maximum atomic E-state index is 11.7. The van der Waals surface area contributed by atoms with Gasteiger partial charge in [-0.3, -0.25) is 4.79 Å². The van der Waals surface area contributed by atoms with Gasteiger partial charge in [0.25, 0.3) is 0 Å². The standard InChI is InChI=1S/C9H16N2O5/c1-10(5-8(13)14)9(15)11-2-3-16-7(4-11)6-12/h7,12H,2-6H2,1H3,(H,13,14). The van der Waals surface area contributed by atoms with Crippen molar-refractivity contribution >= 4 is 12.0 Å². The SMILES string of the molecule is CN(CC(=O)O)C(=O)N1CCOC(CO)C1. The topological polar surface area (TPSA) is 90.3 Å². The van der Waals surface area contributed by atoms with E-state index in [1.165, 1.54) is 11.9 Å². The lowest BCUT2D eigenvalue weighted by molar-refractivity contribution is -0.137. The van der Waals surface area contributed by atoms with Crippen molar-refractivity contribution in [2.45, 2.75) is 6.10 Å². The molecule has 1 fully saturated rings. The summed E-state index contributed by atoms with van der Waals surface area (Å²) in [7, 11) is 1.43. The third kappa shape index (κ3) is 3.35. The molecule has 92 valence electrons. The molecule has 1 aliphatic rings. The third-order valence-corrected chi connectivity index (χ3v) is 2.31. The zero-order valence-electron chi connectivity index (χ0n) is 9.13. The first kappa shape index (κ1) is 12.7. The number of carboxylic acids is 1. The lowest BCUT2D eigenvalue weighted by atomic mass is 10.3. The van der Waals surface area contributed by atoms with Crippen LogP contribution in [0.15, 0.2) is 0 Å². The van der Waals surface area contributed by atoms with Crippen LogP contribution >= 0.6 is 0 Å². The first-order valence-electron chi connectivity index (χ1n) is 4.99. The number of rotatable bonds is 3. The fourth-order valence-corrected chi connectivity index (χ4v) is 1.52. The average molecular weight is 232 g/mol. The number of carbonyl (C=O) groups excluding carboxylic acids is 1. The van der Waals surface area contributed by atoms with E-state index in [-0.39, 0.29) is 25.3 Å². The van der Waals surface area contributed by atoms with Crippen LogP contribution in [0.3, 0.4) is 0 Å². The van der Waals surface area contributed by atoms with Crippen LogP contribution in [0.25, 0.3) is 0 Å². The molecule has 0 aliphatic carbocycles. The fraction of sp³-hybridized carbons (Fsp3) is 0.778. The molecule has 0 spiro atoms. The number of aliphatic hydroxyl groups excluding tert-OH is 1. The van der Waals surface area contributed by atoms with E-state index in [0.717, 1.165) is 4.90 Å². The Hall–Kier alpha value is -1.34. The molecule has 7 heteroatoms. The molecule has 0 aromatic heterocycles. The number of carbonyl (C=O) groups is 2. The van der Waals surface area contributed by atoms with Crippen LogP contribution in [0.4, 0.5) is 4.79 Å². The second kappa shape index (κ2) is 5.66. The Morgan fingerprint density at radius 2 is 2.25 bits per heavy atom. The van der Waals surface area contributed by atoms with Crippen molar-refractivity contribution in [1.29, 1.82) is 0 Å². The predicted molar refractivity (Wildman–Crippen MR) is 54.1 cm³/mol. The van der Waals surface area contributed by atoms with E-state index >= 15 is 0 Å². The van der Waals surface area contributed by atoms with Gasteiger partial charge in [0.1, 0.15) is 6.54 Å². The number of morpholine rings is 1. The van der Waals surface area contributed by atoms with E-state index in [0.29, 0.717) is 19.7 Å². The molecule has 0 saturated carbocycles. The summed E-state index contributed by atoms with van der Waals surface area (Å²) >= 11 is 0. The monoisotopic (exact) mass is 232 g/mol. The number of aliphatic hydroxyl groups is 1. The van der Waals surface area contributed by atoms with Gasteiger partial charge < -0.3 is 24.7 Å². The summed E-state index contributed by atoms with van der Waals surface area (Å²) in [6.07, 6.45) is -0.379. The number of urea groups is 1. The maximum Gasteiger partial charge on any atom is 0.323 e. The normalized spacial score (nSPS) is 20.6. The van der Waals surface area contributed by atoms with Gasteiger partial charge in [0.2, 0.25) is 0 Å². The highest BCUT2D eigenvalue weighted by molar-refractivity contribution is 5.80. The van der Waals surface area contributed by atoms with E-state index in [9.17, 15) is 9.59 Å². The molecule has 16 heavy (non-hydrogen) atoms. The minimum atomic E-state index is -1.05. The summed E-state index contributed by atoms with van der Waals surface area (Å²) in [5, 5.41) is 17.5. The quantitative estimate of drug-likeness (QED) is 0.639.